The molecule has 0 bridgehead atoms. The average molecular weight is 337 g/mol. The van der Waals surface area contributed by atoms with Crippen molar-refractivity contribution >= 4 is 35.4 Å². The van der Waals surface area contributed by atoms with Gasteiger partial charge in [0.25, 0.3) is 0 Å². The number of halogens is 2. The van der Waals surface area contributed by atoms with Crippen LogP contribution >= 0.6 is 23.2 Å². The summed E-state index contributed by atoms with van der Waals surface area (Å²) in [5.41, 5.74) is 1.17. The Bertz CT molecular complexity index is 698. The van der Waals surface area contributed by atoms with E-state index in [1.807, 2.05) is 14.1 Å². The van der Waals surface area contributed by atoms with Gasteiger partial charge in [0.05, 0.1) is 16.8 Å². The van der Waals surface area contributed by atoms with Gasteiger partial charge in [0, 0.05) is 19.1 Å². The molecule has 2 aromatic rings. The van der Waals surface area contributed by atoms with E-state index < -0.39 is 5.97 Å². The summed E-state index contributed by atoms with van der Waals surface area (Å²) in [7, 11) is 3.67. The monoisotopic (exact) mass is 336 g/mol. The van der Waals surface area contributed by atoms with Gasteiger partial charge in [-0.25, -0.2) is 4.79 Å². The Labute approximate surface area is 138 Å². The van der Waals surface area contributed by atoms with Gasteiger partial charge < -0.3 is 9.75 Å². The summed E-state index contributed by atoms with van der Waals surface area (Å²) >= 11 is 11.8. The molecule has 4 nitrogen and oxygen atoms in total. The number of rotatable bonds is 4. The Balaban J connectivity index is 2.08. The molecule has 2 rings (SSSR count). The number of carbonyl (C=O) groups is 1. The molecule has 0 heterocycles. The first-order valence-corrected chi connectivity index (χ1v) is 7.20. The molecule has 0 N–H and O–H groups in total. The van der Waals surface area contributed by atoms with Gasteiger partial charge in [0.15, 0.2) is 0 Å². The largest absolute Gasteiger partial charge is 0.423 e. The molecule has 0 unspecified atom stereocenters. The van der Waals surface area contributed by atoms with E-state index in [0.717, 1.165) is 5.56 Å². The molecule has 0 radical (unpaired) electrons. The fourth-order valence-electron chi connectivity index (χ4n) is 1.62. The summed E-state index contributed by atoms with van der Waals surface area (Å²) in [5, 5.41) is 6.54. The van der Waals surface area contributed by atoms with Gasteiger partial charge in [-0.3, -0.25) is 0 Å². The van der Waals surface area contributed by atoms with Crippen LogP contribution in [-0.2, 0) is 0 Å². The minimum atomic E-state index is -0.531. The molecule has 0 saturated heterocycles. The SMILES string of the molecule is CN(C)/N=C\c1ccc(OC(=O)c2ccc(Cl)cc2Cl)cc1. The van der Waals surface area contributed by atoms with Gasteiger partial charge in [-0.1, -0.05) is 23.2 Å². The summed E-state index contributed by atoms with van der Waals surface area (Å²) < 4.78 is 5.28. The van der Waals surface area contributed by atoms with Crippen LogP contribution < -0.4 is 4.74 Å². The highest BCUT2D eigenvalue weighted by molar-refractivity contribution is 6.36. The molecule has 22 heavy (non-hydrogen) atoms. The zero-order valence-corrected chi connectivity index (χ0v) is 13.6. The molecule has 6 heteroatoms. The van der Waals surface area contributed by atoms with E-state index in [1.165, 1.54) is 12.1 Å². The van der Waals surface area contributed by atoms with Gasteiger partial charge >= 0.3 is 5.97 Å². The van der Waals surface area contributed by atoms with Crippen molar-refractivity contribution in [1.29, 1.82) is 0 Å². The van der Waals surface area contributed by atoms with Crippen molar-refractivity contribution in [2.24, 2.45) is 5.10 Å². The van der Waals surface area contributed by atoms with Crippen LogP contribution in [0.3, 0.4) is 0 Å². The average Bonchev–Trinajstić information content (AvgIpc) is 2.46. The predicted molar refractivity (Wildman–Crippen MR) is 89.1 cm³/mol. The topological polar surface area (TPSA) is 41.9 Å². The summed E-state index contributed by atoms with van der Waals surface area (Å²) in [6, 6.07) is 11.6. The number of nitrogens with zero attached hydrogens (tertiary/aromatic N) is 2. The lowest BCUT2D eigenvalue weighted by Gasteiger charge is -2.07. The van der Waals surface area contributed by atoms with E-state index in [2.05, 4.69) is 5.10 Å². The van der Waals surface area contributed by atoms with Crippen molar-refractivity contribution in [2.75, 3.05) is 14.1 Å². The molecule has 0 atom stereocenters. The van der Waals surface area contributed by atoms with Crippen LogP contribution in [0, 0.1) is 0 Å². The van der Waals surface area contributed by atoms with Gasteiger partial charge in [0.2, 0.25) is 0 Å². The third kappa shape index (κ3) is 4.48. The molecule has 0 aliphatic heterocycles. The van der Waals surface area contributed by atoms with E-state index in [4.69, 9.17) is 27.9 Å². The summed E-state index contributed by atoms with van der Waals surface area (Å²) in [4.78, 5) is 12.1. The van der Waals surface area contributed by atoms with E-state index in [9.17, 15) is 4.79 Å². The maximum absolute atomic E-state index is 12.1. The predicted octanol–water partition coefficient (Wildman–Crippen LogP) is 4.11. The Hall–Kier alpha value is -2.04. The Morgan fingerprint density at radius 2 is 1.82 bits per heavy atom. The highest BCUT2D eigenvalue weighted by atomic mass is 35.5. The van der Waals surface area contributed by atoms with Crippen LogP contribution in [0.15, 0.2) is 47.6 Å². The highest BCUT2D eigenvalue weighted by Crippen LogP contribution is 2.22. The molecule has 0 aromatic heterocycles. The van der Waals surface area contributed by atoms with Crippen LogP contribution in [0.1, 0.15) is 15.9 Å². The Morgan fingerprint density at radius 1 is 1.14 bits per heavy atom. The van der Waals surface area contributed by atoms with Crippen LogP contribution in [-0.4, -0.2) is 31.3 Å². The lowest BCUT2D eigenvalue weighted by Crippen LogP contribution is -2.09. The minimum absolute atomic E-state index is 0.257. The molecular formula is C16H14Cl2N2O2. The van der Waals surface area contributed by atoms with Crippen LogP contribution in [0.4, 0.5) is 0 Å². The van der Waals surface area contributed by atoms with Gasteiger partial charge in [-0.05, 0) is 48.0 Å². The number of benzene rings is 2. The molecule has 0 spiro atoms. The lowest BCUT2D eigenvalue weighted by atomic mass is 10.2. The van der Waals surface area contributed by atoms with Crippen LogP contribution in [0.25, 0.3) is 0 Å². The number of ether oxygens (including phenoxy) is 1. The van der Waals surface area contributed by atoms with E-state index in [0.29, 0.717) is 10.8 Å². The molecule has 0 amide bonds. The number of esters is 1. The third-order valence-electron chi connectivity index (χ3n) is 2.68. The van der Waals surface area contributed by atoms with Crippen molar-refractivity contribution in [3.8, 4) is 5.75 Å². The van der Waals surface area contributed by atoms with Crippen molar-refractivity contribution in [2.45, 2.75) is 0 Å². The van der Waals surface area contributed by atoms with E-state index in [1.54, 1.807) is 41.6 Å². The molecule has 114 valence electrons. The Morgan fingerprint density at radius 3 is 2.41 bits per heavy atom. The first-order chi connectivity index (χ1) is 10.5. The van der Waals surface area contributed by atoms with Gasteiger partial charge in [0.1, 0.15) is 5.75 Å². The molecule has 2 aromatic carbocycles. The number of hydrogen-bond acceptors (Lipinski definition) is 4. The first kappa shape index (κ1) is 16.3. The number of hydrogen-bond donors (Lipinski definition) is 0. The zero-order valence-electron chi connectivity index (χ0n) is 12.1. The summed E-state index contributed by atoms with van der Waals surface area (Å²) in [5.74, 6) is -0.102. The molecule has 0 aliphatic carbocycles. The molecule has 0 saturated carbocycles. The van der Waals surface area contributed by atoms with Gasteiger partial charge in [-0.15, -0.1) is 0 Å². The lowest BCUT2D eigenvalue weighted by molar-refractivity contribution is 0.0735. The van der Waals surface area contributed by atoms with Crippen molar-refractivity contribution < 1.29 is 9.53 Å². The highest BCUT2D eigenvalue weighted by Gasteiger charge is 2.13. The Kier molecular flexibility index (Phi) is 5.41. The third-order valence-corrected chi connectivity index (χ3v) is 3.23. The minimum Gasteiger partial charge on any atom is -0.423 e. The van der Waals surface area contributed by atoms with Crippen LogP contribution in [0.5, 0.6) is 5.75 Å². The summed E-state index contributed by atoms with van der Waals surface area (Å²) in [6.45, 7) is 0. The maximum Gasteiger partial charge on any atom is 0.345 e. The van der Waals surface area contributed by atoms with Crippen molar-refractivity contribution in [3.05, 3.63) is 63.6 Å². The standard InChI is InChI=1S/C16H14Cl2N2O2/c1-20(2)19-10-11-3-6-13(7-4-11)22-16(21)14-8-5-12(17)9-15(14)18/h3-10H,1-2H3/b19-10-. The molecular weight excluding hydrogens is 323 g/mol. The fraction of sp³-hybridized carbons (Fsp3) is 0.125. The second-order valence-electron chi connectivity index (χ2n) is 4.67. The fourth-order valence-corrected chi connectivity index (χ4v) is 2.11. The summed E-state index contributed by atoms with van der Waals surface area (Å²) in [6.07, 6.45) is 1.71. The number of carbonyl (C=O) groups excluding carboxylic acids is 1. The second kappa shape index (κ2) is 7.29. The second-order valence-corrected chi connectivity index (χ2v) is 5.52. The smallest absolute Gasteiger partial charge is 0.345 e. The zero-order chi connectivity index (χ0) is 16.1. The number of hydrazone groups is 1. The van der Waals surface area contributed by atoms with E-state index >= 15 is 0 Å². The van der Waals surface area contributed by atoms with Crippen molar-refractivity contribution in [1.82, 2.24) is 5.01 Å². The maximum atomic E-state index is 12.1. The van der Waals surface area contributed by atoms with Crippen LogP contribution in [0.2, 0.25) is 10.0 Å². The molecule has 0 aliphatic rings. The first-order valence-electron chi connectivity index (χ1n) is 6.44. The van der Waals surface area contributed by atoms with Gasteiger partial charge in [-0.2, -0.15) is 5.10 Å². The van der Waals surface area contributed by atoms with Crippen molar-refractivity contribution in [3.63, 3.8) is 0 Å². The quantitative estimate of drug-likeness (QED) is 0.365. The van der Waals surface area contributed by atoms with E-state index in [-0.39, 0.29) is 10.6 Å². The normalized spacial score (nSPS) is 10.7. The molecule has 0 fully saturated rings.